The number of Topliss-reactive ketones (excluding diaryl/α,β-unsaturated/α-hetero) is 1. The smallest absolute Gasteiger partial charge is 0.336 e. The number of carbonyl (C=O) groups is 1. The first-order chi connectivity index (χ1) is 12.0. The molecule has 4 nitrogen and oxygen atoms in total. The minimum absolute atomic E-state index is 0.180. The molecule has 0 N–H and O–H groups in total. The van der Waals surface area contributed by atoms with Crippen molar-refractivity contribution < 1.29 is 18.3 Å². The number of aryl methyl sites for hydroxylation is 2. The van der Waals surface area contributed by atoms with Gasteiger partial charge in [-0.15, -0.1) is 0 Å². The lowest BCUT2D eigenvalue weighted by Crippen LogP contribution is -2.12. The molecule has 2 aromatic carbocycles. The third kappa shape index (κ3) is 3.60. The highest BCUT2D eigenvalue weighted by Crippen LogP contribution is 2.28. The number of ketones is 1. The summed E-state index contributed by atoms with van der Waals surface area (Å²) in [6, 6.07) is 10.3. The van der Waals surface area contributed by atoms with Crippen molar-refractivity contribution in [1.82, 2.24) is 0 Å². The highest BCUT2D eigenvalue weighted by molar-refractivity contribution is 5.97. The summed E-state index contributed by atoms with van der Waals surface area (Å²) in [5.41, 5.74) is 2.11. The first kappa shape index (κ1) is 16.9. The lowest BCUT2D eigenvalue weighted by atomic mass is 10.1. The molecule has 0 aliphatic rings. The van der Waals surface area contributed by atoms with E-state index in [2.05, 4.69) is 0 Å². The molecular formula is C20H17FO4. The fourth-order valence-electron chi connectivity index (χ4n) is 2.66. The number of hydrogen-bond donors (Lipinski definition) is 0. The summed E-state index contributed by atoms with van der Waals surface area (Å²) in [6.07, 6.45) is 0.703. The zero-order chi connectivity index (χ0) is 18.0. The fourth-order valence-corrected chi connectivity index (χ4v) is 2.66. The summed E-state index contributed by atoms with van der Waals surface area (Å²) < 4.78 is 23.8. The van der Waals surface area contributed by atoms with Gasteiger partial charge >= 0.3 is 5.63 Å². The summed E-state index contributed by atoms with van der Waals surface area (Å²) in [7, 11) is 0. The van der Waals surface area contributed by atoms with Crippen molar-refractivity contribution in [2.75, 3.05) is 6.61 Å². The lowest BCUT2D eigenvalue weighted by Gasteiger charge is -2.12. The fraction of sp³-hybridized carbons (Fsp3) is 0.200. The molecule has 0 aliphatic heterocycles. The minimum Gasteiger partial charge on any atom is -0.485 e. The van der Waals surface area contributed by atoms with Gasteiger partial charge in [0.15, 0.2) is 12.4 Å². The second-order valence-electron chi connectivity index (χ2n) is 5.78. The van der Waals surface area contributed by atoms with Crippen LogP contribution >= 0.6 is 0 Å². The van der Waals surface area contributed by atoms with Gasteiger partial charge in [-0.1, -0.05) is 6.92 Å². The normalized spacial score (nSPS) is 10.8. The molecule has 0 amide bonds. The van der Waals surface area contributed by atoms with E-state index in [-0.39, 0.29) is 12.4 Å². The zero-order valence-electron chi connectivity index (χ0n) is 14.0. The van der Waals surface area contributed by atoms with E-state index < -0.39 is 11.4 Å². The molecule has 0 unspecified atom stereocenters. The standard InChI is InChI=1S/C20H17FO4/c1-3-13-9-16-12(2)8-20(23)25-19(16)10-18(13)24-11-17(22)14-4-6-15(21)7-5-14/h4-10H,3,11H2,1-2H3. The monoisotopic (exact) mass is 340 g/mol. The van der Waals surface area contributed by atoms with Crippen LogP contribution in [0.5, 0.6) is 5.75 Å². The molecule has 1 heterocycles. The van der Waals surface area contributed by atoms with Crippen molar-refractivity contribution in [3.8, 4) is 5.75 Å². The summed E-state index contributed by atoms with van der Waals surface area (Å²) in [5, 5.41) is 0.841. The molecule has 3 rings (SSSR count). The van der Waals surface area contributed by atoms with Gasteiger partial charge in [-0.05, 0) is 54.8 Å². The summed E-state index contributed by atoms with van der Waals surface area (Å²) in [4.78, 5) is 23.7. The van der Waals surface area contributed by atoms with Crippen molar-refractivity contribution in [3.05, 3.63) is 75.4 Å². The number of carbonyl (C=O) groups excluding carboxylic acids is 1. The topological polar surface area (TPSA) is 56.5 Å². The number of ether oxygens (including phenoxy) is 1. The van der Waals surface area contributed by atoms with E-state index in [1.165, 1.54) is 30.3 Å². The average molecular weight is 340 g/mol. The predicted octanol–water partition coefficient (Wildman–Crippen LogP) is 4.06. The van der Waals surface area contributed by atoms with Gasteiger partial charge in [-0.3, -0.25) is 4.79 Å². The zero-order valence-corrected chi connectivity index (χ0v) is 14.0. The van der Waals surface area contributed by atoms with E-state index in [1.54, 1.807) is 6.07 Å². The average Bonchev–Trinajstić information content (AvgIpc) is 2.59. The van der Waals surface area contributed by atoms with Gasteiger partial charge in [-0.2, -0.15) is 0 Å². The Hall–Kier alpha value is -2.95. The SMILES string of the molecule is CCc1cc2c(C)cc(=O)oc2cc1OCC(=O)c1ccc(F)cc1. The first-order valence-corrected chi connectivity index (χ1v) is 7.97. The van der Waals surface area contributed by atoms with E-state index in [9.17, 15) is 14.0 Å². The van der Waals surface area contributed by atoms with Gasteiger partial charge in [0.05, 0.1) is 0 Å². The molecule has 0 aliphatic carbocycles. The van der Waals surface area contributed by atoms with Gasteiger partial charge in [0.2, 0.25) is 0 Å². The van der Waals surface area contributed by atoms with Crippen LogP contribution in [-0.2, 0) is 6.42 Å². The molecule has 0 saturated carbocycles. The minimum atomic E-state index is -0.428. The largest absolute Gasteiger partial charge is 0.485 e. The van der Waals surface area contributed by atoms with Crippen LogP contribution in [0.3, 0.4) is 0 Å². The Morgan fingerprint density at radius 2 is 1.88 bits per heavy atom. The highest BCUT2D eigenvalue weighted by atomic mass is 19.1. The molecule has 0 radical (unpaired) electrons. The molecule has 0 saturated heterocycles. The van der Waals surface area contributed by atoms with Crippen molar-refractivity contribution in [2.45, 2.75) is 20.3 Å². The third-order valence-corrected chi connectivity index (χ3v) is 4.04. The second kappa shape index (κ2) is 6.89. The van der Waals surface area contributed by atoms with Crippen LogP contribution in [-0.4, -0.2) is 12.4 Å². The van der Waals surface area contributed by atoms with Crippen molar-refractivity contribution in [3.63, 3.8) is 0 Å². The predicted molar refractivity (Wildman–Crippen MR) is 92.8 cm³/mol. The molecule has 0 fully saturated rings. The summed E-state index contributed by atoms with van der Waals surface area (Å²) >= 11 is 0. The molecule has 25 heavy (non-hydrogen) atoms. The van der Waals surface area contributed by atoms with Crippen LogP contribution in [0.4, 0.5) is 4.39 Å². The van der Waals surface area contributed by atoms with Gasteiger partial charge in [0, 0.05) is 23.1 Å². The van der Waals surface area contributed by atoms with E-state index in [0.717, 1.165) is 16.5 Å². The van der Waals surface area contributed by atoms with Crippen LogP contribution in [0, 0.1) is 12.7 Å². The third-order valence-electron chi connectivity index (χ3n) is 4.04. The molecule has 128 valence electrons. The van der Waals surface area contributed by atoms with Crippen LogP contribution in [0.1, 0.15) is 28.4 Å². The maximum Gasteiger partial charge on any atom is 0.336 e. The van der Waals surface area contributed by atoms with E-state index >= 15 is 0 Å². The molecule has 3 aromatic rings. The van der Waals surface area contributed by atoms with Crippen LogP contribution in [0.25, 0.3) is 11.0 Å². The lowest BCUT2D eigenvalue weighted by molar-refractivity contribution is 0.0921. The Kier molecular flexibility index (Phi) is 4.65. The molecular weight excluding hydrogens is 323 g/mol. The van der Waals surface area contributed by atoms with Gasteiger partial charge in [0.1, 0.15) is 17.1 Å². The highest BCUT2D eigenvalue weighted by Gasteiger charge is 2.12. The quantitative estimate of drug-likeness (QED) is 0.519. The Balaban J connectivity index is 1.88. The molecule has 0 bridgehead atoms. The van der Waals surface area contributed by atoms with E-state index in [1.807, 2.05) is 19.9 Å². The molecule has 0 spiro atoms. The van der Waals surface area contributed by atoms with Gasteiger partial charge in [-0.25, -0.2) is 9.18 Å². The van der Waals surface area contributed by atoms with E-state index in [4.69, 9.17) is 9.15 Å². The first-order valence-electron chi connectivity index (χ1n) is 7.97. The molecule has 5 heteroatoms. The van der Waals surface area contributed by atoms with Crippen LogP contribution in [0.15, 0.2) is 51.7 Å². The van der Waals surface area contributed by atoms with Crippen LogP contribution < -0.4 is 10.4 Å². The summed E-state index contributed by atoms with van der Waals surface area (Å²) in [5.74, 6) is -0.155. The van der Waals surface area contributed by atoms with Gasteiger partial charge in [0.25, 0.3) is 0 Å². The Labute approximate surface area is 143 Å². The second-order valence-corrected chi connectivity index (χ2v) is 5.78. The van der Waals surface area contributed by atoms with Crippen LogP contribution in [0.2, 0.25) is 0 Å². The summed E-state index contributed by atoms with van der Waals surface area (Å²) in [6.45, 7) is 3.64. The number of rotatable bonds is 5. The van der Waals surface area contributed by atoms with E-state index in [0.29, 0.717) is 23.3 Å². The molecule has 0 atom stereocenters. The Morgan fingerprint density at radius 3 is 2.56 bits per heavy atom. The van der Waals surface area contributed by atoms with Crippen molar-refractivity contribution in [2.24, 2.45) is 0 Å². The number of halogens is 1. The van der Waals surface area contributed by atoms with Crippen molar-refractivity contribution in [1.29, 1.82) is 0 Å². The number of hydrogen-bond acceptors (Lipinski definition) is 4. The number of benzene rings is 2. The maximum atomic E-state index is 12.9. The Morgan fingerprint density at radius 1 is 1.16 bits per heavy atom. The van der Waals surface area contributed by atoms with Crippen molar-refractivity contribution >= 4 is 16.8 Å². The number of fused-ring (bicyclic) bond motifs is 1. The Bertz CT molecular complexity index is 987. The maximum absolute atomic E-state index is 12.9. The molecule has 1 aromatic heterocycles. The van der Waals surface area contributed by atoms with Gasteiger partial charge < -0.3 is 9.15 Å².